The van der Waals surface area contributed by atoms with Gasteiger partial charge in [-0.2, -0.15) is 0 Å². The first-order valence-electron chi connectivity index (χ1n) is 6.60. The van der Waals surface area contributed by atoms with E-state index in [2.05, 4.69) is 5.32 Å². The first-order chi connectivity index (χ1) is 7.98. The Balaban J connectivity index is 2.78. The van der Waals surface area contributed by atoms with Crippen molar-refractivity contribution in [3.05, 3.63) is 0 Å². The maximum Gasteiger partial charge on any atom is 0.223 e. The summed E-state index contributed by atoms with van der Waals surface area (Å²) in [5, 5.41) is 3.09. The fourth-order valence-electron chi connectivity index (χ4n) is 2.32. The van der Waals surface area contributed by atoms with Crippen molar-refractivity contribution in [2.75, 3.05) is 0 Å². The zero-order valence-electron chi connectivity index (χ0n) is 10.9. The van der Waals surface area contributed by atoms with Gasteiger partial charge in [0.25, 0.3) is 0 Å². The van der Waals surface area contributed by atoms with Crippen molar-refractivity contribution >= 4 is 23.1 Å². The molecule has 1 aliphatic rings. The Bertz CT molecular complexity index is 281. The van der Waals surface area contributed by atoms with Gasteiger partial charge in [-0.15, -0.1) is 0 Å². The summed E-state index contributed by atoms with van der Waals surface area (Å²) in [5.41, 5.74) is 5.45. The fourth-order valence-corrected chi connectivity index (χ4v) is 2.58. The highest BCUT2D eigenvalue weighted by Gasteiger charge is 2.35. The lowest BCUT2D eigenvalue weighted by atomic mass is 9.83. The second kappa shape index (κ2) is 6.34. The predicted octanol–water partition coefficient (Wildman–Crippen LogP) is 2.53. The van der Waals surface area contributed by atoms with Crippen LogP contribution in [0.25, 0.3) is 0 Å². The average Bonchev–Trinajstić information content (AvgIpc) is 2.21. The first-order valence-corrected chi connectivity index (χ1v) is 7.01. The van der Waals surface area contributed by atoms with Gasteiger partial charge in [0.2, 0.25) is 5.91 Å². The quantitative estimate of drug-likeness (QED) is 0.763. The summed E-state index contributed by atoms with van der Waals surface area (Å²) in [6.45, 7) is 3.79. The average molecular weight is 256 g/mol. The molecule has 0 radical (unpaired) electrons. The summed E-state index contributed by atoms with van der Waals surface area (Å²) in [6, 6.07) is 0. The van der Waals surface area contributed by atoms with Crippen molar-refractivity contribution < 1.29 is 4.79 Å². The number of nitrogens with two attached hydrogens (primary N) is 1. The van der Waals surface area contributed by atoms with E-state index in [4.69, 9.17) is 18.0 Å². The van der Waals surface area contributed by atoms with Gasteiger partial charge in [-0.3, -0.25) is 4.79 Å². The molecular formula is C13H24N2OS. The Hall–Kier alpha value is -0.640. The third-order valence-electron chi connectivity index (χ3n) is 3.57. The molecule has 0 aromatic heterocycles. The predicted molar refractivity (Wildman–Crippen MR) is 74.8 cm³/mol. The van der Waals surface area contributed by atoms with Crippen LogP contribution in [0.4, 0.5) is 0 Å². The highest BCUT2D eigenvalue weighted by molar-refractivity contribution is 7.80. The van der Waals surface area contributed by atoms with Gasteiger partial charge in [-0.1, -0.05) is 58.2 Å². The molecule has 0 atom stereocenters. The molecule has 0 bridgehead atoms. The van der Waals surface area contributed by atoms with Gasteiger partial charge in [-0.25, -0.2) is 0 Å². The largest absolute Gasteiger partial charge is 0.391 e. The van der Waals surface area contributed by atoms with Crippen LogP contribution in [0.3, 0.4) is 0 Å². The van der Waals surface area contributed by atoms with Crippen LogP contribution >= 0.6 is 12.2 Å². The van der Waals surface area contributed by atoms with E-state index in [-0.39, 0.29) is 11.8 Å². The summed E-state index contributed by atoms with van der Waals surface area (Å²) in [6.07, 6.45) is 7.67. The molecule has 0 aliphatic heterocycles. The molecule has 1 fully saturated rings. The lowest BCUT2D eigenvalue weighted by Crippen LogP contribution is -2.57. The first kappa shape index (κ1) is 14.4. The van der Waals surface area contributed by atoms with Crippen molar-refractivity contribution in [3.8, 4) is 0 Å². The van der Waals surface area contributed by atoms with Gasteiger partial charge in [0.15, 0.2) is 0 Å². The minimum Gasteiger partial charge on any atom is -0.391 e. The molecule has 3 N–H and O–H groups in total. The SMILES string of the molecule is CC(C)C(=O)NC1(C(N)=S)CCCCCCC1. The molecule has 1 amide bonds. The van der Waals surface area contributed by atoms with Gasteiger partial charge in [0, 0.05) is 5.92 Å². The van der Waals surface area contributed by atoms with Gasteiger partial charge in [-0.05, 0) is 12.8 Å². The lowest BCUT2D eigenvalue weighted by Gasteiger charge is -2.36. The van der Waals surface area contributed by atoms with Crippen LogP contribution in [-0.4, -0.2) is 16.4 Å². The number of nitrogens with one attached hydrogen (secondary N) is 1. The van der Waals surface area contributed by atoms with E-state index in [0.29, 0.717) is 4.99 Å². The Morgan fingerprint density at radius 1 is 1.18 bits per heavy atom. The number of rotatable bonds is 3. The molecular weight excluding hydrogens is 232 g/mol. The number of carbonyl (C=O) groups excluding carboxylic acids is 1. The van der Waals surface area contributed by atoms with E-state index in [9.17, 15) is 4.79 Å². The van der Waals surface area contributed by atoms with E-state index in [1.54, 1.807) is 0 Å². The Morgan fingerprint density at radius 2 is 1.65 bits per heavy atom. The molecule has 17 heavy (non-hydrogen) atoms. The summed E-state index contributed by atoms with van der Waals surface area (Å²) in [7, 11) is 0. The zero-order chi connectivity index (χ0) is 12.9. The van der Waals surface area contributed by atoms with Crippen molar-refractivity contribution in [3.63, 3.8) is 0 Å². The minimum atomic E-state index is -0.433. The zero-order valence-corrected chi connectivity index (χ0v) is 11.7. The molecule has 0 saturated heterocycles. The molecule has 0 unspecified atom stereocenters. The molecule has 3 nitrogen and oxygen atoms in total. The maximum atomic E-state index is 11.9. The monoisotopic (exact) mass is 256 g/mol. The summed E-state index contributed by atoms with van der Waals surface area (Å²) in [4.78, 5) is 12.3. The lowest BCUT2D eigenvalue weighted by molar-refractivity contribution is -0.125. The molecule has 1 rings (SSSR count). The fraction of sp³-hybridized carbons (Fsp3) is 0.846. The Kier molecular flexibility index (Phi) is 5.37. The van der Waals surface area contributed by atoms with Gasteiger partial charge in [0.1, 0.15) is 0 Å². The normalized spacial score (nSPS) is 20.4. The van der Waals surface area contributed by atoms with Crippen molar-refractivity contribution in [2.24, 2.45) is 11.7 Å². The van der Waals surface area contributed by atoms with Crippen molar-refractivity contribution in [2.45, 2.75) is 64.3 Å². The minimum absolute atomic E-state index is 0.0216. The van der Waals surface area contributed by atoms with Crippen LogP contribution in [0.5, 0.6) is 0 Å². The smallest absolute Gasteiger partial charge is 0.223 e. The van der Waals surface area contributed by atoms with Gasteiger partial charge < -0.3 is 11.1 Å². The number of hydrogen-bond donors (Lipinski definition) is 2. The third kappa shape index (κ3) is 3.95. The topological polar surface area (TPSA) is 55.1 Å². The molecule has 0 spiro atoms. The third-order valence-corrected chi connectivity index (χ3v) is 3.96. The maximum absolute atomic E-state index is 11.9. The molecule has 0 aromatic rings. The second-order valence-electron chi connectivity index (χ2n) is 5.36. The molecule has 0 aromatic carbocycles. The molecule has 4 heteroatoms. The van der Waals surface area contributed by atoms with Crippen LogP contribution < -0.4 is 11.1 Å². The van der Waals surface area contributed by atoms with Crippen LogP contribution in [0.15, 0.2) is 0 Å². The Labute approximate surface area is 110 Å². The molecule has 1 saturated carbocycles. The van der Waals surface area contributed by atoms with Crippen molar-refractivity contribution in [1.29, 1.82) is 0 Å². The molecule has 0 heterocycles. The van der Waals surface area contributed by atoms with Crippen LogP contribution in [0.2, 0.25) is 0 Å². The highest BCUT2D eigenvalue weighted by Crippen LogP contribution is 2.27. The van der Waals surface area contributed by atoms with Gasteiger partial charge in [0.05, 0.1) is 10.5 Å². The van der Waals surface area contributed by atoms with Crippen molar-refractivity contribution in [1.82, 2.24) is 5.32 Å². The van der Waals surface area contributed by atoms with E-state index in [1.807, 2.05) is 13.8 Å². The van der Waals surface area contributed by atoms with E-state index in [0.717, 1.165) is 25.7 Å². The Morgan fingerprint density at radius 3 is 2.06 bits per heavy atom. The van der Waals surface area contributed by atoms with Crippen LogP contribution in [-0.2, 0) is 4.79 Å². The number of thiocarbonyl (C=S) groups is 1. The van der Waals surface area contributed by atoms with E-state index < -0.39 is 5.54 Å². The van der Waals surface area contributed by atoms with Crippen LogP contribution in [0, 0.1) is 5.92 Å². The molecule has 1 aliphatic carbocycles. The second-order valence-corrected chi connectivity index (χ2v) is 5.80. The summed E-state index contributed by atoms with van der Waals surface area (Å²) < 4.78 is 0. The highest BCUT2D eigenvalue weighted by atomic mass is 32.1. The van der Waals surface area contributed by atoms with E-state index in [1.165, 1.54) is 19.3 Å². The van der Waals surface area contributed by atoms with Crippen LogP contribution in [0.1, 0.15) is 58.8 Å². The summed E-state index contributed by atoms with van der Waals surface area (Å²) >= 11 is 5.20. The number of hydrogen-bond acceptors (Lipinski definition) is 2. The van der Waals surface area contributed by atoms with Gasteiger partial charge >= 0.3 is 0 Å². The van der Waals surface area contributed by atoms with E-state index >= 15 is 0 Å². The standard InChI is InChI=1S/C13H24N2OS/c1-10(2)11(16)15-13(12(14)17)8-6-4-3-5-7-9-13/h10H,3-9H2,1-2H3,(H2,14,17)(H,15,16). The number of carbonyl (C=O) groups is 1. The molecule has 98 valence electrons. The summed E-state index contributed by atoms with van der Waals surface area (Å²) in [5.74, 6) is 0.0324. The number of amides is 1.